The lowest BCUT2D eigenvalue weighted by Crippen LogP contribution is -2.54. The van der Waals surface area contributed by atoms with Gasteiger partial charge in [-0.15, -0.1) is 26.6 Å². The number of carbonyl (C=O) groups excluding carboxylic acids is 6. The third kappa shape index (κ3) is 34.8. The van der Waals surface area contributed by atoms with Crippen LogP contribution in [-0.2, 0) is 109 Å². The van der Waals surface area contributed by atoms with Crippen LogP contribution in [0, 0.1) is 30.5 Å². The number of primary amides is 1. The first-order chi connectivity index (χ1) is 58.4. The summed E-state index contributed by atoms with van der Waals surface area (Å²) in [7, 11) is 5.68. The first kappa shape index (κ1) is 95.8. The highest BCUT2D eigenvalue weighted by atomic mass is 32.1. The molecular weight excluding hydrogens is 1620 g/mol. The molecule has 121 heavy (non-hydrogen) atoms. The maximum Gasteiger partial charge on any atom is 0.355 e. The number of aromatic nitrogens is 7. The Morgan fingerprint density at radius 2 is 1.31 bits per heavy atom. The number of quaternary nitrogens is 1. The quantitative estimate of drug-likeness (QED) is 0.00923. The molecule has 2 atom stereocenters. The van der Waals surface area contributed by atoms with Crippen LogP contribution in [0.3, 0.4) is 0 Å². The number of nitrogens with zero attached hydrogens (tertiary/aromatic N) is 10. The van der Waals surface area contributed by atoms with Gasteiger partial charge in [-0.05, 0) is 104 Å². The number of carboxylic acid groups (broad SMARTS) is 2. The largest absolute Gasteiger partial charge is 0.491 e. The summed E-state index contributed by atoms with van der Waals surface area (Å²) in [5.41, 5.74) is 9.71. The highest BCUT2D eigenvalue weighted by molar-refractivity contribution is 7.22. The second-order valence-corrected chi connectivity index (χ2v) is 30.5. The van der Waals surface area contributed by atoms with Crippen LogP contribution >= 0.6 is 22.7 Å². The number of hydrogen-bond acceptors (Lipinski definition) is 29. The van der Waals surface area contributed by atoms with Crippen LogP contribution in [0.4, 0.5) is 36.8 Å². The monoisotopic (exact) mass is 1720 g/mol. The van der Waals surface area contributed by atoms with Crippen molar-refractivity contribution in [2.24, 2.45) is 11.7 Å². The second kappa shape index (κ2) is 51.8. The molecule has 40 heteroatoms. The summed E-state index contributed by atoms with van der Waals surface area (Å²) < 4.78 is 80.4. The van der Waals surface area contributed by atoms with Gasteiger partial charge in [0.05, 0.1) is 189 Å². The van der Waals surface area contributed by atoms with E-state index in [4.69, 9.17) is 62.9 Å². The van der Waals surface area contributed by atoms with Gasteiger partial charge in [0.15, 0.2) is 39.2 Å². The number of urea groups is 1. The number of nitrogens with two attached hydrogens (primary N) is 1. The van der Waals surface area contributed by atoms with Gasteiger partial charge in [0.2, 0.25) is 17.7 Å². The van der Waals surface area contributed by atoms with Crippen molar-refractivity contribution in [3.05, 3.63) is 129 Å². The summed E-state index contributed by atoms with van der Waals surface area (Å²) in [5.74, 6) is 1.43. The average molecular weight is 1720 g/mol. The van der Waals surface area contributed by atoms with E-state index in [1.807, 2.05) is 57.4 Å². The van der Waals surface area contributed by atoms with E-state index in [9.17, 15) is 43.5 Å². The van der Waals surface area contributed by atoms with E-state index >= 15 is 4.39 Å². The topological polar surface area (TPSA) is 453 Å². The first-order valence-corrected chi connectivity index (χ1v) is 41.2. The number of halogens is 1. The van der Waals surface area contributed by atoms with E-state index in [1.165, 1.54) is 34.8 Å². The van der Waals surface area contributed by atoms with Crippen LogP contribution in [-0.4, -0.2) is 281 Å². The average Bonchev–Trinajstić information content (AvgIpc) is 1.76. The van der Waals surface area contributed by atoms with Gasteiger partial charge in [0.25, 0.3) is 11.8 Å². The number of carbonyl (C=O) groups is 8. The molecule has 3 aromatic carbocycles. The summed E-state index contributed by atoms with van der Waals surface area (Å²) in [5, 5.41) is 51.4. The standard InChI is InChI=1S/C81H107FN16O21S2/c1-55(2)73(88-69(99)23-30-109-33-27-97-70(100)21-22-71(97)101)77(105)86-64(14-9-25-84-79(83)108)76(104)85-60-19-18-58(59(50-60)53-118-54-61-51-96(94-91-61)26-32-111-35-37-113-39-41-115-43-45-117-47-46-116-44-42-114-40-38-112-36-34-110-31-24-72(102)103)52-98(5,6)28-10-12-57-17-20-65(62(82)49-57)119-29-11-16-67-74(78(106)107)89-81(121-67)95(4)68-48-56(3)75(93-92-68)90-80-87-63-13-7-8-15-66(63)120-80/h7-8,13,15,17-22,48-51,55,64,73H,9,11,14,16,23-47,52-54H2,1-6H3,(H8-,83,84,85,86,87,88,90,93,99,102,103,104,105,106,107,108)/p+1/t64-,73-/m0/s1. The number of benzene rings is 3. The number of ether oxygens (including phenoxy) is 11. The third-order valence-electron chi connectivity index (χ3n) is 17.9. The number of imide groups is 1. The van der Waals surface area contributed by atoms with E-state index in [1.54, 1.807) is 54.9 Å². The number of hydrogen-bond donors (Lipinski definition) is 8. The molecule has 1 aliphatic heterocycles. The number of carboxylic acids is 2. The van der Waals surface area contributed by atoms with Crippen molar-refractivity contribution in [2.75, 3.05) is 182 Å². The fraction of sp³-hybridized carbons (Fsp3) is 0.506. The van der Waals surface area contributed by atoms with Crippen molar-refractivity contribution in [3.63, 3.8) is 0 Å². The van der Waals surface area contributed by atoms with Crippen molar-refractivity contribution in [3.8, 4) is 17.6 Å². The van der Waals surface area contributed by atoms with Crippen molar-refractivity contribution >= 4 is 108 Å². The van der Waals surface area contributed by atoms with Crippen LogP contribution in [0.25, 0.3) is 10.2 Å². The molecule has 0 radical (unpaired) electrons. The summed E-state index contributed by atoms with van der Waals surface area (Å²) >= 11 is 2.70. The number of amides is 7. The van der Waals surface area contributed by atoms with Crippen molar-refractivity contribution in [1.29, 1.82) is 0 Å². The molecule has 0 fully saturated rings. The third-order valence-corrected chi connectivity index (χ3v) is 20.0. The number of aliphatic carboxylic acids is 1. The molecule has 7 aromatic rings. The Morgan fingerprint density at radius 1 is 0.678 bits per heavy atom. The molecular formula is C81H108FN16O21S2+. The minimum Gasteiger partial charge on any atom is -0.491 e. The first-order valence-electron chi connectivity index (χ1n) is 39.5. The van der Waals surface area contributed by atoms with Crippen LogP contribution < -0.4 is 42.0 Å². The lowest BCUT2D eigenvalue weighted by molar-refractivity contribution is -0.896. The number of para-hydroxylation sites is 1. The van der Waals surface area contributed by atoms with Crippen molar-refractivity contribution in [2.45, 2.75) is 97.7 Å². The Hall–Kier alpha value is -10.7. The van der Waals surface area contributed by atoms with Crippen molar-refractivity contribution < 1.29 is 110 Å². The predicted octanol–water partition coefficient (Wildman–Crippen LogP) is 6.10. The minimum atomic E-state index is -1.19. The van der Waals surface area contributed by atoms with Crippen molar-refractivity contribution in [1.82, 2.24) is 56.0 Å². The molecule has 0 spiro atoms. The van der Waals surface area contributed by atoms with Crippen LogP contribution in [0.5, 0.6) is 5.75 Å². The Balaban J connectivity index is 0.811. The highest BCUT2D eigenvalue weighted by Crippen LogP contribution is 2.34. The summed E-state index contributed by atoms with van der Waals surface area (Å²) in [6.07, 6.45) is 4.80. The van der Waals surface area contributed by atoms with Crippen LogP contribution in [0.2, 0.25) is 0 Å². The highest BCUT2D eigenvalue weighted by Gasteiger charge is 2.31. The fourth-order valence-corrected chi connectivity index (χ4v) is 13.5. The zero-order chi connectivity index (χ0) is 86.7. The van der Waals surface area contributed by atoms with Gasteiger partial charge < -0.3 is 104 Å². The predicted molar refractivity (Wildman–Crippen MR) is 444 cm³/mol. The lowest BCUT2D eigenvalue weighted by Gasteiger charge is -2.29. The smallest absolute Gasteiger partial charge is 0.355 e. The molecule has 1 aliphatic rings. The van der Waals surface area contributed by atoms with Gasteiger partial charge in [-0.2, -0.15) is 0 Å². The molecule has 0 saturated heterocycles. The molecule has 0 bridgehead atoms. The van der Waals surface area contributed by atoms with E-state index in [0.29, 0.717) is 185 Å². The SMILES string of the molecule is Cc1cc(N(C)c2nc(C(=O)O)c(CCCOc3ccc(C#CC[N+](C)(C)Cc4ccc(NC(=O)[C@H](CCCNC(N)=O)NC(=O)[C@@H](NC(=O)CCOCCN5C(=O)C=CC5=O)C(C)C)cc4COCc4cn(CCOCCOCCOCCOCCOCCOCCOCCOCCC(=O)O)nn4)cc3F)s2)nnc1Nc1nc2ccccc2s1. The number of aromatic carboxylic acids is 1. The Morgan fingerprint density at radius 3 is 1.94 bits per heavy atom. The van der Waals surface area contributed by atoms with E-state index in [-0.39, 0.29) is 89.9 Å². The van der Waals surface area contributed by atoms with Crippen LogP contribution in [0.15, 0.2) is 85.1 Å². The normalized spacial score (nSPS) is 12.5. The van der Waals surface area contributed by atoms with E-state index in [2.05, 4.69) is 68.9 Å². The zero-order valence-corrected chi connectivity index (χ0v) is 70.5. The summed E-state index contributed by atoms with van der Waals surface area (Å²) in [6.45, 7) is 12.5. The molecule has 0 saturated carbocycles. The number of fused-ring (bicyclic) bond motifs is 1. The molecule has 5 heterocycles. The summed E-state index contributed by atoms with van der Waals surface area (Å²) in [4.78, 5) is 112. The Bertz CT molecular complexity index is 4540. The summed E-state index contributed by atoms with van der Waals surface area (Å²) in [6, 6.07) is 16.4. The van der Waals surface area contributed by atoms with Gasteiger partial charge in [0, 0.05) is 53.9 Å². The van der Waals surface area contributed by atoms with Gasteiger partial charge >= 0.3 is 18.0 Å². The second-order valence-electron chi connectivity index (χ2n) is 28.4. The lowest BCUT2D eigenvalue weighted by atomic mass is 10.0. The van der Waals surface area contributed by atoms with Gasteiger partial charge in [0.1, 0.15) is 30.9 Å². The van der Waals surface area contributed by atoms with Crippen LogP contribution in [0.1, 0.15) is 89.3 Å². The van der Waals surface area contributed by atoms with Gasteiger partial charge in [-0.3, -0.25) is 33.7 Å². The minimum absolute atomic E-state index is 0.00165. The molecule has 9 N–H and O–H groups in total. The van der Waals surface area contributed by atoms with Gasteiger partial charge in [-0.25, -0.2) is 28.6 Å². The maximum atomic E-state index is 15.7. The Kier molecular flexibility index (Phi) is 41.1. The molecule has 0 unspecified atom stereocenters. The Labute approximate surface area is 708 Å². The van der Waals surface area contributed by atoms with E-state index < -0.39 is 71.3 Å². The molecule has 37 nitrogen and oxygen atoms in total. The fourth-order valence-electron chi connectivity index (χ4n) is 11.5. The molecule has 0 aliphatic carbocycles. The molecule has 8 rings (SSSR count). The number of anilines is 5. The number of nitrogens with one attached hydrogen (secondary N) is 5. The van der Waals surface area contributed by atoms with Gasteiger partial charge in [-0.1, -0.05) is 54.5 Å². The van der Waals surface area contributed by atoms with E-state index in [0.717, 1.165) is 38.4 Å². The molecule has 656 valence electrons. The molecule has 4 aromatic heterocycles. The number of thiazole rings is 2. The zero-order valence-electron chi connectivity index (χ0n) is 68.8. The number of aryl methyl sites for hydroxylation is 2. The molecule has 7 amide bonds. The number of rotatable bonds is 60. The maximum absolute atomic E-state index is 15.7.